The largest absolute Gasteiger partial charge is 0.295 e. The predicted octanol–water partition coefficient (Wildman–Crippen LogP) is 5.96. The van der Waals surface area contributed by atoms with E-state index < -0.39 is 0 Å². The first-order valence-corrected chi connectivity index (χ1v) is 11.0. The number of carbonyl (C=O) groups excluding carboxylic acids is 1. The quantitative estimate of drug-likeness (QED) is 0.374. The third-order valence-corrected chi connectivity index (χ3v) is 9.46. The van der Waals surface area contributed by atoms with Gasteiger partial charge in [-0.25, -0.2) is 0 Å². The summed E-state index contributed by atoms with van der Waals surface area (Å²) in [6.45, 7) is 7.55. The van der Waals surface area contributed by atoms with Gasteiger partial charge in [-0.3, -0.25) is 4.79 Å². The minimum atomic E-state index is 0.339. The summed E-state index contributed by atoms with van der Waals surface area (Å²) in [5.41, 5.74) is 2.44. The maximum atomic E-state index is 11.9. The highest BCUT2D eigenvalue weighted by atomic mass is 127. The van der Waals surface area contributed by atoms with Crippen molar-refractivity contribution < 1.29 is 4.79 Å². The highest BCUT2D eigenvalue weighted by Crippen LogP contribution is 2.67. The standard InChI is InChI=1S/C21H31IO/c1-13(22)17-6-7-18-16-5-4-14-12-15(23)8-10-20(14,2)19(16)9-11-21(17,18)3/h12-13,16-19H,4-11H2,1-3H3/t13-,16-,17+,18-,19-,20-,21+/m0/s1. The Morgan fingerprint density at radius 3 is 2.61 bits per heavy atom. The number of hydrogen-bond acceptors (Lipinski definition) is 1. The van der Waals surface area contributed by atoms with Crippen molar-refractivity contribution in [2.75, 3.05) is 0 Å². The molecule has 4 aliphatic carbocycles. The van der Waals surface area contributed by atoms with E-state index in [0.29, 0.717) is 16.6 Å². The SMILES string of the molecule is C[C@H](I)[C@H]1CC[C@H]2[C@@H]3CCC4=CC(=O)CC[C@]4(C)[C@H]3CC[C@]12C. The maximum absolute atomic E-state index is 11.9. The molecule has 0 aromatic rings. The maximum Gasteiger partial charge on any atom is 0.155 e. The minimum Gasteiger partial charge on any atom is -0.295 e. The molecule has 4 rings (SSSR count). The molecule has 0 saturated heterocycles. The van der Waals surface area contributed by atoms with Gasteiger partial charge >= 0.3 is 0 Å². The summed E-state index contributed by atoms with van der Waals surface area (Å²) in [5.74, 6) is 4.02. The van der Waals surface area contributed by atoms with Crippen LogP contribution in [0.4, 0.5) is 0 Å². The van der Waals surface area contributed by atoms with Crippen LogP contribution in [0.15, 0.2) is 11.6 Å². The second kappa shape index (κ2) is 5.57. The van der Waals surface area contributed by atoms with Gasteiger partial charge in [0.15, 0.2) is 5.78 Å². The van der Waals surface area contributed by atoms with Crippen LogP contribution >= 0.6 is 22.6 Å². The first-order chi connectivity index (χ1) is 10.9. The Kier molecular flexibility index (Phi) is 4.02. The van der Waals surface area contributed by atoms with Gasteiger partial charge in [0.1, 0.15) is 0 Å². The molecule has 23 heavy (non-hydrogen) atoms. The van der Waals surface area contributed by atoms with Gasteiger partial charge in [0.05, 0.1) is 0 Å². The zero-order chi connectivity index (χ0) is 16.4. The molecular formula is C21H31IO. The van der Waals surface area contributed by atoms with Crippen LogP contribution in [0.2, 0.25) is 0 Å². The molecule has 0 unspecified atom stereocenters. The summed E-state index contributed by atoms with van der Waals surface area (Å²) < 4.78 is 0.807. The van der Waals surface area contributed by atoms with Crippen LogP contribution in [-0.4, -0.2) is 9.71 Å². The Morgan fingerprint density at radius 1 is 1.09 bits per heavy atom. The molecule has 0 amide bonds. The van der Waals surface area contributed by atoms with Gasteiger partial charge in [0.25, 0.3) is 0 Å². The normalized spacial score (nSPS) is 50.6. The predicted molar refractivity (Wildman–Crippen MR) is 104 cm³/mol. The van der Waals surface area contributed by atoms with Crippen LogP contribution in [-0.2, 0) is 4.79 Å². The molecule has 0 heterocycles. The number of alkyl halides is 1. The van der Waals surface area contributed by atoms with Gasteiger partial charge in [0, 0.05) is 10.3 Å². The summed E-state index contributed by atoms with van der Waals surface area (Å²) in [6.07, 6.45) is 12.2. The fraction of sp³-hybridized carbons (Fsp3) is 0.857. The lowest BCUT2D eigenvalue weighted by Crippen LogP contribution is -2.51. The average molecular weight is 426 g/mol. The summed E-state index contributed by atoms with van der Waals surface area (Å²) in [7, 11) is 0. The van der Waals surface area contributed by atoms with Crippen molar-refractivity contribution in [3.8, 4) is 0 Å². The Balaban J connectivity index is 1.66. The molecule has 0 aromatic carbocycles. The van der Waals surface area contributed by atoms with Crippen LogP contribution in [0.5, 0.6) is 0 Å². The van der Waals surface area contributed by atoms with Crippen molar-refractivity contribution in [3.05, 3.63) is 11.6 Å². The number of rotatable bonds is 1. The lowest BCUT2D eigenvalue weighted by atomic mass is 9.47. The van der Waals surface area contributed by atoms with Gasteiger partial charge in [-0.1, -0.05) is 48.9 Å². The van der Waals surface area contributed by atoms with Crippen molar-refractivity contribution in [2.45, 2.75) is 76.1 Å². The van der Waals surface area contributed by atoms with Gasteiger partial charge < -0.3 is 0 Å². The molecule has 4 aliphatic rings. The molecule has 0 aliphatic heterocycles. The van der Waals surface area contributed by atoms with Crippen LogP contribution in [0.3, 0.4) is 0 Å². The van der Waals surface area contributed by atoms with Gasteiger partial charge in [-0.15, -0.1) is 0 Å². The zero-order valence-electron chi connectivity index (χ0n) is 14.9. The van der Waals surface area contributed by atoms with Gasteiger partial charge in [-0.05, 0) is 85.5 Å². The topological polar surface area (TPSA) is 17.1 Å². The Morgan fingerprint density at radius 2 is 1.87 bits per heavy atom. The molecular weight excluding hydrogens is 395 g/mol. The van der Waals surface area contributed by atoms with E-state index in [2.05, 4.69) is 43.4 Å². The third kappa shape index (κ3) is 2.33. The number of halogens is 1. The second-order valence-corrected chi connectivity index (χ2v) is 11.3. The van der Waals surface area contributed by atoms with E-state index in [0.717, 1.165) is 40.4 Å². The van der Waals surface area contributed by atoms with E-state index in [1.807, 2.05) is 6.08 Å². The van der Waals surface area contributed by atoms with E-state index in [1.165, 1.54) is 44.1 Å². The molecule has 1 nitrogen and oxygen atoms in total. The Labute approximate surface area is 155 Å². The highest BCUT2D eigenvalue weighted by Gasteiger charge is 2.59. The van der Waals surface area contributed by atoms with E-state index in [1.54, 1.807) is 0 Å². The summed E-state index contributed by atoms with van der Waals surface area (Å²) in [4.78, 5) is 11.9. The molecule has 2 heteroatoms. The summed E-state index contributed by atoms with van der Waals surface area (Å²) in [5, 5.41) is 0. The Hall–Kier alpha value is 0.140. The van der Waals surface area contributed by atoms with E-state index >= 15 is 0 Å². The Bertz CT molecular complexity index is 550. The summed E-state index contributed by atoms with van der Waals surface area (Å²) in [6, 6.07) is 0. The van der Waals surface area contributed by atoms with Crippen LogP contribution in [0.25, 0.3) is 0 Å². The molecule has 0 aromatic heterocycles. The van der Waals surface area contributed by atoms with Crippen LogP contribution in [0, 0.1) is 34.5 Å². The second-order valence-electron chi connectivity index (χ2n) is 9.37. The van der Waals surface area contributed by atoms with E-state index in [-0.39, 0.29) is 0 Å². The molecule has 128 valence electrons. The number of ketones is 1. The van der Waals surface area contributed by atoms with E-state index in [4.69, 9.17) is 0 Å². The lowest BCUT2D eigenvalue weighted by Gasteiger charge is -2.58. The molecule has 0 bridgehead atoms. The fourth-order valence-electron chi connectivity index (χ4n) is 7.35. The van der Waals surface area contributed by atoms with Crippen molar-refractivity contribution in [3.63, 3.8) is 0 Å². The van der Waals surface area contributed by atoms with Crippen LogP contribution < -0.4 is 0 Å². The molecule has 7 atom stereocenters. The summed E-state index contributed by atoms with van der Waals surface area (Å²) >= 11 is 2.68. The molecule has 3 fully saturated rings. The fourth-order valence-corrected chi connectivity index (χ4v) is 8.54. The van der Waals surface area contributed by atoms with Crippen molar-refractivity contribution in [1.82, 2.24) is 0 Å². The molecule has 0 N–H and O–H groups in total. The third-order valence-electron chi connectivity index (χ3n) is 8.59. The number of fused-ring (bicyclic) bond motifs is 5. The van der Waals surface area contributed by atoms with Crippen LogP contribution in [0.1, 0.15) is 72.1 Å². The first kappa shape index (κ1) is 16.6. The smallest absolute Gasteiger partial charge is 0.155 e. The van der Waals surface area contributed by atoms with Gasteiger partial charge in [0.2, 0.25) is 0 Å². The van der Waals surface area contributed by atoms with Crippen molar-refractivity contribution >= 4 is 28.4 Å². The number of hydrogen-bond donors (Lipinski definition) is 0. The minimum absolute atomic E-state index is 0.339. The number of allylic oxidation sites excluding steroid dienone is 1. The lowest BCUT2D eigenvalue weighted by molar-refractivity contribution is -0.117. The average Bonchev–Trinajstić information content (AvgIpc) is 2.85. The monoisotopic (exact) mass is 426 g/mol. The molecule has 0 spiro atoms. The van der Waals surface area contributed by atoms with E-state index in [9.17, 15) is 4.79 Å². The first-order valence-electron chi connectivity index (χ1n) is 9.74. The highest BCUT2D eigenvalue weighted by molar-refractivity contribution is 14.1. The van der Waals surface area contributed by atoms with Crippen molar-refractivity contribution in [1.29, 1.82) is 0 Å². The zero-order valence-corrected chi connectivity index (χ0v) is 17.1. The van der Waals surface area contributed by atoms with Gasteiger partial charge in [-0.2, -0.15) is 0 Å². The number of carbonyl (C=O) groups is 1. The molecule has 0 radical (unpaired) electrons. The van der Waals surface area contributed by atoms with Crippen molar-refractivity contribution in [2.24, 2.45) is 34.5 Å². The molecule has 3 saturated carbocycles.